The molecule has 1 fully saturated rings. The van der Waals surface area contributed by atoms with Crippen LogP contribution in [0.2, 0.25) is 0 Å². The standard InChI is InChI=1S/C22H26N4O3/c1-2-3-12-29-20-9-5-4-8-15(20)21(27)23-18-13-16-17(25-22(28)24-16)14-19(18)26-10-6-7-11-26/h4-5,8-9,13-14H,2-3,6-7,10-12H2,1H3,(H,23,27)(H2,24,25,28). The normalized spacial score (nSPS) is 13.8. The van der Waals surface area contributed by atoms with Gasteiger partial charge >= 0.3 is 5.69 Å². The summed E-state index contributed by atoms with van der Waals surface area (Å²) in [7, 11) is 0. The van der Waals surface area contributed by atoms with Crippen molar-refractivity contribution in [2.24, 2.45) is 0 Å². The molecule has 0 atom stereocenters. The third kappa shape index (κ3) is 4.13. The highest BCUT2D eigenvalue weighted by Gasteiger charge is 2.20. The van der Waals surface area contributed by atoms with Crippen molar-refractivity contribution in [2.45, 2.75) is 32.6 Å². The summed E-state index contributed by atoms with van der Waals surface area (Å²) in [5.74, 6) is 0.354. The van der Waals surface area contributed by atoms with Crippen LogP contribution in [0.3, 0.4) is 0 Å². The number of anilines is 2. The van der Waals surface area contributed by atoms with E-state index in [9.17, 15) is 9.59 Å². The zero-order valence-electron chi connectivity index (χ0n) is 16.6. The molecule has 0 saturated carbocycles. The molecule has 2 aromatic carbocycles. The van der Waals surface area contributed by atoms with Gasteiger partial charge in [0, 0.05) is 13.1 Å². The van der Waals surface area contributed by atoms with Crippen molar-refractivity contribution in [3.05, 3.63) is 52.4 Å². The van der Waals surface area contributed by atoms with E-state index in [1.807, 2.05) is 30.3 Å². The number of hydrogen-bond acceptors (Lipinski definition) is 4. The number of nitrogens with one attached hydrogen (secondary N) is 3. The minimum absolute atomic E-state index is 0.227. The highest BCUT2D eigenvalue weighted by Crippen LogP contribution is 2.33. The van der Waals surface area contributed by atoms with Crippen molar-refractivity contribution < 1.29 is 9.53 Å². The zero-order chi connectivity index (χ0) is 20.2. The van der Waals surface area contributed by atoms with E-state index in [2.05, 4.69) is 27.1 Å². The topological polar surface area (TPSA) is 90.2 Å². The van der Waals surface area contributed by atoms with Gasteiger partial charge < -0.3 is 24.9 Å². The predicted octanol–water partition coefficient (Wildman–Crippen LogP) is 3.89. The van der Waals surface area contributed by atoms with Crippen LogP contribution >= 0.6 is 0 Å². The molecule has 1 amide bonds. The number of amides is 1. The maximum absolute atomic E-state index is 13.1. The maximum atomic E-state index is 13.1. The molecule has 3 aromatic rings. The van der Waals surface area contributed by atoms with Crippen LogP contribution in [0.4, 0.5) is 11.4 Å². The Morgan fingerprint density at radius 2 is 1.86 bits per heavy atom. The molecule has 1 aliphatic heterocycles. The third-order valence-corrected chi connectivity index (χ3v) is 5.21. The summed E-state index contributed by atoms with van der Waals surface area (Å²) in [4.78, 5) is 32.6. The minimum Gasteiger partial charge on any atom is -0.493 e. The lowest BCUT2D eigenvalue weighted by Gasteiger charge is -2.22. The van der Waals surface area contributed by atoms with Gasteiger partial charge in [-0.05, 0) is 43.5 Å². The average molecular weight is 394 g/mol. The fraction of sp³-hybridized carbons (Fsp3) is 0.364. The first kappa shape index (κ1) is 19.1. The molecule has 4 rings (SSSR count). The Morgan fingerprint density at radius 3 is 2.62 bits per heavy atom. The van der Waals surface area contributed by atoms with Gasteiger partial charge in [-0.25, -0.2) is 4.79 Å². The van der Waals surface area contributed by atoms with Crippen LogP contribution in [0.5, 0.6) is 5.75 Å². The van der Waals surface area contributed by atoms with Crippen molar-refractivity contribution in [2.75, 3.05) is 29.9 Å². The van der Waals surface area contributed by atoms with Crippen molar-refractivity contribution in [3.8, 4) is 5.75 Å². The van der Waals surface area contributed by atoms with E-state index in [-0.39, 0.29) is 11.6 Å². The Bertz CT molecular complexity index is 1060. The molecule has 7 heteroatoms. The van der Waals surface area contributed by atoms with E-state index < -0.39 is 0 Å². The Morgan fingerprint density at radius 1 is 1.14 bits per heavy atom. The molecule has 7 nitrogen and oxygen atoms in total. The van der Waals surface area contributed by atoms with E-state index in [1.54, 1.807) is 6.07 Å². The van der Waals surface area contributed by atoms with Gasteiger partial charge in [0.15, 0.2) is 0 Å². The SMILES string of the molecule is CCCCOc1ccccc1C(=O)Nc1cc2[nH]c(=O)[nH]c2cc1N1CCCC1. The van der Waals surface area contributed by atoms with Gasteiger partial charge in [-0.3, -0.25) is 4.79 Å². The lowest BCUT2D eigenvalue weighted by Crippen LogP contribution is -2.21. The molecule has 0 radical (unpaired) electrons. The number of unbranched alkanes of at least 4 members (excludes halogenated alkanes) is 1. The zero-order valence-corrected chi connectivity index (χ0v) is 16.6. The molecule has 29 heavy (non-hydrogen) atoms. The minimum atomic E-state index is -0.259. The number of carbonyl (C=O) groups excluding carboxylic acids is 1. The van der Waals surface area contributed by atoms with E-state index in [0.29, 0.717) is 29.1 Å². The van der Waals surface area contributed by atoms with Gasteiger partial charge in [0.2, 0.25) is 0 Å². The summed E-state index contributed by atoms with van der Waals surface area (Å²) < 4.78 is 5.82. The number of carbonyl (C=O) groups is 1. The molecule has 152 valence electrons. The van der Waals surface area contributed by atoms with Crippen molar-refractivity contribution in [1.82, 2.24) is 9.97 Å². The van der Waals surface area contributed by atoms with Gasteiger partial charge in [-0.2, -0.15) is 0 Å². The number of rotatable bonds is 7. The Balaban J connectivity index is 1.65. The molecular formula is C22H26N4O3. The first-order valence-corrected chi connectivity index (χ1v) is 10.2. The number of aromatic nitrogens is 2. The fourth-order valence-corrected chi connectivity index (χ4v) is 3.69. The quantitative estimate of drug-likeness (QED) is 0.530. The second kappa shape index (κ2) is 8.43. The van der Waals surface area contributed by atoms with Gasteiger partial charge in [0.1, 0.15) is 5.75 Å². The number of nitrogens with zero attached hydrogens (tertiary/aromatic N) is 1. The van der Waals surface area contributed by atoms with Crippen LogP contribution in [0.15, 0.2) is 41.2 Å². The monoisotopic (exact) mass is 394 g/mol. The molecule has 1 aliphatic rings. The van der Waals surface area contributed by atoms with Crippen LogP contribution in [-0.4, -0.2) is 35.6 Å². The van der Waals surface area contributed by atoms with Gasteiger partial charge in [0.25, 0.3) is 5.91 Å². The van der Waals surface area contributed by atoms with Crippen LogP contribution in [-0.2, 0) is 0 Å². The number of hydrogen-bond donors (Lipinski definition) is 3. The largest absolute Gasteiger partial charge is 0.493 e. The smallest absolute Gasteiger partial charge is 0.323 e. The number of imidazole rings is 1. The second-order valence-corrected chi connectivity index (χ2v) is 7.34. The van der Waals surface area contributed by atoms with Gasteiger partial charge in [0.05, 0.1) is 34.6 Å². The number of fused-ring (bicyclic) bond motifs is 1. The number of ether oxygens (including phenoxy) is 1. The Kier molecular flexibility index (Phi) is 5.55. The molecule has 0 spiro atoms. The van der Waals surface area contributed by atoms with E-state index in [1.165, 1.54) is 0 Å². The second-order valence-electron chi connectivity index (χ2n) is 7.34. The molecule has 2 heterocycles. The first-order chi connectivity index (χ1) is 14.2. The van der Waals surface area contributed by atoms with Crippen LogP contribution in [0.1, 0.15) is 43.0 Å². The van der Waals surface area contributed by atoms with E-state index in [0.717, 1.165) is 50.0 Å². The average Bonchev–Trinajstić information content (AvgIpc) is 3.36. The van der Waals surface area contributed by atoms with Crippen LogP contribution in [0, 0.1) is 0 Å². The lowest BCUT2D eigenvalue weighted by atomic mass is 10.1. The summed E-state index contributed by atoms with van der Waals surface area (Å²) in [6.45, 7) is 4.54. The van der Waals surface area contributed by atoms with Crippen molar-refractivity contribution in [3.63, 3.8) is 0 Å². The van der Waals surface area contributed by atoms with Crippen LogP contribution < -0.4 is 20.6 Å². The summed E-state index contributed by atoms with van der Waals surface area (Å²) in [6, 6.07) is 11.0. The lowest BCUT2D eigenvalue weighted by molar-refractivity contribution is 0.102. The summed E-state index contributed by atoms with van der Waals surface area (Å²) in [5.41, 5.74) is 3.24. The van der Waals surface area contributed by atoms with Crippen LogP contribution in [0.25, 0.3) is 11.0 Å². The molecule has 0 aliphatic carbocycles. The Hall–Kier alpha value is -3.22. The Labute approximate surface area is 169 Å². The fourth-order valence-electron chi connectivity index (χ4n) is 3.69. The number of para-hydroxylation sites is 1. The molecule has 1 aromatic heterocycles. The highest BCUT2D eigenvalue weighted by molar-refractivity contribution is 6.08. The summed E-state index contributed by atoms with van der Waals surface area (Å²) in [5, 5.41) is 3.04. The number of H-pyrrole nitrogens is 2. The molecule has 0 unspecified atom stereocenters. The molecule has 1 saturated heterocycles. The van der Waals surface area contributed by atoms with E-state index in [4.69, 9.17) is 4.74 Å². The maximum Gasteiger partial charge on any atom is 0.323 e. The third-order valence-electron chi connectivity index (χ3n) is 5.21. The van der Waals surface area contributed by atoms with Gasteiger partial charge in [-0.15, -0.1) is 0 Å². The van der Waals surface area contributed by atoms with Crippen molar-refractivity contribution >= 4 is 28.3 Å². The number of benzene rings is 2. The first-order valence-electron chi connectivity index (χ1n) is 10.2. The predicted molar refractivity (Wildman–Crippen MR) is 115 cm³/mol. The summed E-state index contributed by atoms with van der Waals surface area (Å²) in [6.07, 6.45) is 4.20. The van der Waals surface area contributed by atoms with Crippen molar-refractivity contribution in [1.29, 1.82) is 0 Å². The summed E-state index contributed by atoms with van der Waals surface area (Å²) >= 11 is 0. The number of aromatic amines is 2. The molecule has 0 bridgehead atoms. The van der Waals surface area contributed by atoms with E-state index >= 15 is 0 Å². The molecular weight excluding hydrogens is 368 g/mol. The molecule has 3 N–H and O–H groups in total. The highest BCUT2D eigenvalue weighted by atomic mass is 16.5. The van der Waals surface area contributed by atoms with Gasteiger partial charge in [-0.1, -0.05) is 25.5 Å².